The third kappa shape index (κ3) is 4.54. The molecule has 0 saturated carbocycles. The molecule has 2 amide bonds. The SMILES string of the molecule is Cc1ccccc1C(C)NC(=O)C1CCN(C(=O)c2ccc(F)cc2)CC1. The van der Waals surface area contributed by atoms with E-state index in [2.05, 4.69) is 5.32 Å². The van der Waals surface area contributed by atoms with Crippen LogP contribution in [-0.4, -0.2) is 29.8 Å². The summed E-state index contributed by atoms with van der Waals surface area (Å²) in [6.07, 6.45) is 1.28. The third-order valence-corrected chi connectivity index (χ3v) is 5.26. The maximum atomic E-state index is 13.0. The van der Waals surface area contributed by atoms with Gasteiger partial charge in [0.15, 0.2) is 0 Å². The van der Waals surface area contributed by atoms with Crippen molar-refractivity contribution in [3.8, 4) is 0 Å². The smallest absolute Gasteiger partial charge is 0.253 e. The van der Waals surface area contributed by atoms with E-state index in [0.717, 1.165) is 11.1 Å². The van der Waals surface area contributed by atoms with Gasteiger partial charge in [0.1, 0.15) is 5.82 Å². The van der Waals surface area contributed by atoms with E-state index >= 15 is 0 Å². The second kappa shape index (κ2) is 8.33. The lowest BCUT2D eigenvalue weighted by atomic mass is 9.94. The minimum absolute atomic E-state index is 0.0413. The number of likely N-dealkylation sites (tertiary alicyclic amines) is 1. The van der Waals surface area contributed by atoms with Crippen LogP contribution in [0.2, 0.25) is 0 Å². The average Bonchev–Trinajstić information content (AvgIpc) is 2.68. The normalized spacial score (nSPS) is 16.0. The van der Waals surface area contributed by atoms with Gasteiger partial charge in [-0.15, -0.1) is 0 Å². The van der Waals surface area contributed by atoms with E-state index in [9.17, 15) is 14.0 Å². The maximum Gasteiger partial charge on any atom is 0.253 e. The number of amides is 2. The molecule has 0 bridgehead atoms. The first-order valence-corrected chi connectivity index (χ1v) is 9.36. The summed E-state index contributed by atoms with van der Waals surface area (Å²) >= 11 is 0. The molecular formula is C22H25FN2O2. The van der Waals surface area contributed by atoms with Crippen molar-refractivity contribution in [1.82, 2.24) is 10.2 Å². The van der Waals surface area contributed by atoms with Gasteiger partial charge in [0.2, 0.25) is 5.91 Å². The highest BCUT2D eigenvalue weighted by Crippen LogP contribution is 2.22. The second-order valence-corrected chi connectivity index (χ2v) is 7.16. The van der Waals surface area contributed by atoms with Crippen molar-refractivity contribution in [3.05, 3.63) is 71.0 Å². The average molecular weight is 368 g/mol. The first-order chi connectivity index (χ1) is 13.0. The highest BCUT2D eigenvalue weighted by molar-refractivity contribution is 5.94. The molecule has 3 rings (SSSR count). The summed E-state index contributed by atoms with van der Waals surface area (Å²) in [5.41, 5.74) is 2.76. The van der Waals surface area contributed by atoms with Crippen molar-refractivity contribution >= 4 is 11.8 Å². The largest absolute Gasteiger partial charge is 0.349 e. The summed E-state index contributed by atoms with van der Waals surface area (Å²) in [5, 5.41) is 3.10. The van der Waals surface area contributed by atoms with Gasteiger partial charge in [0.05, 0.1) is 6.04 Å². The van der Waals surface area contributed by atoms with E-state index in [-0.39, 0.29) is 29.6 Å². The van der Waals surface area contributed by atoms with Gasteiger partial charge in [-0.1, -0.05) is 24.3 Å². The molecule has 142 valence electrons. The standard InChI is InChI=1S/C22H25FN2O2/c1-15-5-3-4-6-20(15)16(2)24-21(26)17-11-13-25(14-12-17)22(27)18-7-9-19(23)10-8-18/h3-10,16-17H,11-14H2,1-2H3,(H,24,26). The zero-order valence-electron chi connectivity index (χ0n) is 15.7. The van der Waals surface area contributed by atoms with Crippen LogP contribution < -0.4 is 5.32 Å². The number of piperidine rings is 1. The van der Waals surface area contributed by atoms with Crippen molar-refractivity contribution in [1.29, 1.82) is 0 Å². The predicted molar refractivity (Wildman–Crippen MR) is 103 cm³/mol. The fraction of sp³-hybridized carbons (Fsp3) is 0.364. The zero-order valence-corrected chi connectivity index (χ0v) is 15.7. The molecule has 5 heteroatoms. The number of nitrogens with zero attached hydrogens (tertiary/aromatic N) is 1. The Hall–Kier alpha value is -2.69. The van der Waals surface area contributed by atoms with E-state index in [1.54, 1.807) is 4.90 Å². The van der Waals surface area contributed by atoms with Crippen molar-refractivity contribution < 1.29 is 14.0 Å². The summed E-state index contributed by atoms with van der Waals surface area (Å²) in [6.45, 7) is 5.10. The van der Waals surface area contributed by atoms with Crippen molar-refractivity contribution in [3.63, 3.8) is 0 Å². The molecule has 1 heterocycles. The first-order valence-electron chi connectivity index (χ1n) is 9.36. The Morgan fingerprint density at radius 1 is 1.07 bits per heavy atom. The number of aryl methyl sites for hydroxylation is 1. The number of carbonyl (C=O) groups is 2. The highest BCUT2D eigenvalue weighted by Gasteiger charge is 2.28. The Kier molecular flexibility index (Phi) is 5.89. The minimum atomic E-state index is -0.357. The number of hydrogen-bond donors (Lipinski definition) is 1. The molecule has 2 aromatic carbocycles. The Bertz CT molecular complexity index is 811. The molecular weight excluding hydrogens is 343 g/mol. The number of benzene rings is 2. The van der Waals surface area contributed by atoms with Crippen LogP contribution in [0.1, 0.15) is 47.3 Å². The molecule has 0 spiro atoms. The Morgan fingerprint density at radius 3 is 2.33 bits per heavy atom. The molecule has 1 atom stereocenters. The van der Waals surface area contributed by atoms with E-state index in [1.807, 2.05) is 38.1 Å². The fourth-order valence-electron chi connectivity index (χ4n) is 3.60. The van der Waals surface area contributed by atoms with Gasteiger partial charge in [-0.2, -0.15) is 0 Å². The molecule has 1 fully saturated rings. The molecule has 4 nitrogen and oxygen atoms in total. The molecule has 2 aromatic rings. The van der Waals surface area contributed by atoms with Crippen LogP contribution in [0.15, 0.2) is 48.5 Å². The Balaban J connectivity index is 1.54. The van der Waals surface area contributed by atoms with Crippen LogP contribution in [-0.2, 0) is 4.79 Å². The van der Waals surface area contributed by atoms with Crippen LogP contribution >= 0.6 is 0 Å². The van der Waals surface area contributed by atoms with Gasteiger partial charge in [-0.3, -0.25) is 9.59 Å². The zero-order chi connectivity index (χ0) is 19.4. The highest BCUT2D eigenvalue weighted by atomic mass is 19.1. The molecule has 1 aliphatic rings. The van der Waals surface area contributed by atoms with E-state index in [1.165, 1.54) is 24.3 Å². The van der Waals surface area contributed by atoms with Gasteiger partial charge >= 0.3 is 0 Å². The van der Waals surface area contributed by atoms with Gasteiger partial charge < -0.3 is 10.2 Å². The van der Waals surface area contributed by atoms with Crippen LogP contribution in [0.25, 0.3) is 0 Å². The summed E-state index contributed by atoms with van der Waals surface area (Å²) in [6, 6.07) is 13.6. The fourth-order valence-corrected chi connectivity index (χ4v) is 3.60. The second-order valence-electron chi connectivity index (χ2n) is 7.16. The number of nitrogens with one attached hydrogen (secondary N) is 1. The van der Waals surface area contributed by atoms with Gasteiger partial charge in [-0.25, -0.2) is 4.39 Å². The number of halogens is 1. The van der Waals surface area contributed by atoms with E-state index in [0.29, 0.717) is 31.5 Å². The van der Waals surface area contributed by atoms with E-state index in [4.69, 9.17) is 0 Å². The molecule has 1 unspecified atom stereocenters. The van der Waals surface area contributed by atoms with Gasteiger partial charge in [-0.05, 0) is 62.1 Å². The molecule has 1 N–H and O–H groups in total. The molecule has 27 heavy (non-hydrogen) atoms. The van der Waals surface area contributed by atoms with Crippen molar-refractivity contribution in [2.24, 2.45) is 5.92 Å². The summed E-state index contributed by atoms with van der Waals surface area (Å²) in [7, 11) is 0. The van der Waals surface area contributed by atoms with E-state index < -0.39 is 0 Å². The van der Waals surface area contributed by atoms with Gasteiger partial charge in [0.25, 0.3) is 5.91 Å². The third-order valence-electron chi connectivity index (χ3n) is 5.26. The summed E-state index contributed by atoms with van der Waals surface area (Å²) in [5.74, 6) is -0.514. The Labute approximate surface area is 159 Å². The molecule has 0 aliphatic carbocycles. The monoisotopic (exact) mass is 368 g/mol. The lowest BCUT2D eigenvalue weighted by Crippen LogP contribution is -2.43. The van der Waals surface area contributed by atoms with Crippen LogP contribution in [0.4, 0.5) is 4.39 Å². The maximum absolute atomic E-state index is 13.0. The van der Waals surface area contributed by atoms with Crippen LogP contribution in [0.3, 0.4) is 0 Å². The quantitative estimate of drug-likeness (QED) is 0.891. The van der Waals surface area contributed by atoms with Gasteiger partial charge in [0, 0.05) is 24.6 Å². The molecule has 0 radical (unpaired) electrons. The summed E-state index contributed by atoms with van der Waals surface area (Å²) < 4.78 is 13.0. The number of carbonyl (C=O) groups excluding carboxylic acids is 2. The first kappa shape index (κ1) is 19.1. The Morgan fingerprint density at radius 2 is 1.70 bits per heavy atom. The lowest BCUT2D eigenvalue weighted by molar-refractivity contribution is -0.127. The topological polar surface area (TPSA) is 49.4 Å². The molecule has 1 saturated heterocycles. The molecule has 1 aliphatic heterocycles. The number of rotatable bonds is 4. The van der Waals surface area contributed by atoms with Crippen LogP contribution in [0, 0.1) is 18.7 Å². The summed E-state index contributed by atoms with van der Waals surface area (Å²) in [4.78, 5) is 26.8. The van der Waals surface area contributed by atoms with Crippen LogP contribution in [0.5, 0.6) is 0 Å². The minimum Gasteiger partial charge on any atom is -0.349 e. The van der Waals surface area contributed by atoms with Crippen molar-refractivity contribution in [2.45, 2.75) is 32.7 Å². The number of hydrogen-bond acceptors (Lipinski definition) is 2. The lowest BCUT2D eigenvalue weighted by Gasteiger charge is -2.32. The predicted octanol–water partition coefficient (Wildman–Crippen LogP) is 3.86. The van der Waals surface area contributed by atoms with Crippen molar-refractivity contribution in [2.75, 3.05) is 13.1 Å². The molecule has 0 aromatic heterocycles.